The van der Waals surface area contributed by atoms with Crippen molar-refractivity contribution in [1.82, 2.24) is 15.0 Å². The first kappa shape index (κ1) is 24.4. The van der Waals surface area contributed by atoms with Gasteiger partial charge in [0.15, 0.2) is 0 Å². The van der Waals surface area contributed by atoms with E-state index in [2.05, 4.69) is 70.6 Å². The van der Waals surface area contributed by atoms with Gasteiger partial charge in [0.1, 0.15) is 12.1 Å². The van der Waals surface area contributed by atoms with Crippen LogP contribution in [0.1, 0.15) is 23.8 Å². The fraction of sp³-hybridized carbons (Fsp3) is 0.0250. The summed E-state index contributed by atoms with van der Waals surface area (Å²) in [6.07, 6.45) is 3.16. The third-order valence-electron chi connectivity index (χ3n) is 8.99. The molecule has 5 nitrogen and oxygen atoms in total. The molecule has 0 fully saturated rings. The lowest BCUT2D eigenvalue weighted by Crippen LogP contribution is -2.30. The number of furan rings is 1. The fourth-order valence-electron chi connectivity index (χ4n) is 7.09. The van der Waals surface area contributed by atoms with Crippen molar-refractivity contribution in [3.05, 3.63) is 168 Å². The van der Waals surface area contributed by atoms with Crippen LogP contribution in [0.5, 0.6) is 5.75 Å². The molecule has 3 heterocycles. The van der Waals surface area contributed by atoms with Crippen LogP contribution in [0.4, 0.5) is 0 Å². The van der Waals surface area contributed by atoms with Crippen LogP contribution < -0.4 is 0 Å². The summed E-state index contributed by atoms with van der Waals surface area (Å²) >= 11 is 0. The largest absolute Gasteiger partial charge is 0.507 e. The van der Waals surface area contributed by atoms with Crippen molar-refractivity contribution in [3.8, 4) is 39.4 Å². The van der Waals surface area contributed by atoms with Crippen LogP contribution >= 0.6 is 0 Å². The molecule has 45 heavy (non-hydrogen) atoms. The molecule has 5 heteroatoms. The minimum Gasteiger partial charge on any atom is -0.507 e. The van der Waals surface area contributed by atoms with Crippen LogP contribution in [0.25, 0.3) is 55.5 Å². The summed E-state index contributed by atoms with van der Waals surface area (Å²) in [5.74, 6) is 0.169. The molecule has 8 aromatic rings. The van der Waals surface area contributed by atoms with Crippen molar-refractivity contribution in [2.75, 3.05) is 0 Å². The standard InChI is InChI=1S/C40H25N3O2/c44-35-17-6-4-14-30(35)34-16-8-18-36(43-34)40(27-11-7-10-26(23-27)38-31-21-22-45-39(31)42-24-41-38)32-15-5-3-13-29(32)37-28-12-2-1-9-25(28)19-20-33(37)40/h1-24,44H/i19D. The van der Waals surface area contributed by atoms with Gasteiger partial charge in [-0.25, -0.2) is 9.97 Å². The van der Waals surface area contributed by atoms with Gasteiger partial charge >= 0.3 is 0 Å². The Bertz CT molecular complexity index is 2490. The van der Waals surface area contributed by atoms with E-state index >= 15 is 0 Å². The molecule has 5 aromatic carbocycles. The Morgan fingerprint density at radius 2 is 1.51 bits per heavy atom. The van der Waals surface area contributed by atoms with Gasteiger partial charge < -0.3 is 9.52 Å². The van der Waals surface area contributed by atoms with Gasteiger partial charge in [0.2, 0.25) is 5.71 Å². The lowest BCUT2D eigenvalue weighted by atomic mass is 9.69. The molecular weight excluding hydrogens is 554 g/mol. The molecule has 0 spiro atoms. The highest BCUT2D eigenvalue weighted by Crippen LogP contribution is 2.57. The lowest BCUT2D eigenvalue weighted by molar-refractivity contribution is 0.477. The van der Waals surface area contributed by atoms with Crippen LogP contribution in [0, 0.1) is 0 Å². The van der Waals surface area contributed by atoms with Crippen molar-refractivity contribution in [2.45, 2.75) is 5.41 Å². The SMILES string of the molecule is [2H]c1cc2c(c3ccccc13)-c1ccccc1C2(c1cccc(-c2ncnc3occc23)c1)c1cccc(-c2ccccc2O)n1. The van der Waals surface area contributed by atoms with Crippen LogP contribution in [0.15, 0.2) is 150 Å². The topological polar surface area (TPSA) is 72.0 Å². The van der Waals surface area contributed by atoms with Crippen molar-refractivity contribution in [3.63, 3.8) is 0 Å². The summed E-state index contributed by atoms with van der Waals surface area (Å²) in [6, 6.07) is 42.7. The van der Waals surface area contributed by atoms with Crippen molar-refractivity contribution >= 4 is 21.9 Å². The molecule has 1 aliphatic carbocycles. The zero-order valence-electron chi connectivity index (χ0n) is 25.0. The number of para-hydroxylation sites is 1. The average Bonchev–Trinajstić information content (AvgIpc) is 3.70. The number of rotatable bonds is 4. The van der Waals surface area contributed by atoms with E-state index in [0.29, 0.717) is 23.0 Å². The average molecular weight is 581 g/mol. The van der Waals surface area contributed by atoms with Gasteiger partial charge in [-0.2, -0.15) is 0 Å². The van der Waals surface area contributed by atoms with Crippen LogP contribution in [0.2, 0.25) is 0 Å². The third-order valence-corrected chi connectivity index (χ3v) is 8.99. The first-order valence-corrected chi connectivity index (χ1v) is 14.8. The molecule has 0 amide bonds. The maximum Gasteiger partial charge on any atom is 0.229 e. The van der Waals surface area contributed by atoms with Crippen LogP contribution in [0.3, 0.4) is 0 Å². The van der Waals surface area contributed by atoms with Crippen molar-refractivity contribution in [2.24, 2.45) is 0 Å². The van der Waals surface area contributed by atoms with E-state index in [1.54, 1.807) is 12.3 Å². The molecule has 212 valence electrons. The molecule has 0 radical (unpaired) electrons. The van der Waals surface area contributed by atoms with Gasteiger partial charge in [0, 0.05) is 11.1 Å². The molecular formula is C40H25N3O2. The summed E-state index contributed by atoms with van der Waals surface area (Å²) < 4.78 is 14.8. The molecule has 9 rings (SSSR count). The summed E-state index contributed by atoms with van der Waals surface area (Å²) in [5, 5.41) is 13.6. The number of nitrogens with zero attached hydrogens (tertiary/aromatic N) is 3. The second kappa shape index (κ2) is 9.73. The fourth-order valence-corrected chi connectivity index (χ4v) is 7.09. The highest BCUT2D eigenvalue weighted by Gasteiger charge is 2.48. The quantitative estimate of drug-likeness (QED) is 0.225. The maximum absolute atomic E-state index is 10.8. The van der Waals surface area contributed by atoms with Crippen LogP contribution in [-0.2, 0) is 5.41 Å². The normalized spacial score (nSPS) is 15.6. The Morgan fingerprint density at radius 1 is 0.689 bits per heavy atom. The lowest BCUT2D eigenvalue weighted by Gasteiger charge is -2.33. The second-order valence-electron chi connectivity index (χ2n) is 11.3. The van der Waals surface area contributed by atoms with Gasteiger partial charge in [-0.3, -0.25) is 4.98 Å². The van der Waals surface area contributed by atoms with Gasteiger partial charge in [-0.1, -0.05) is 97.0 Å². The minimum atomic E-state index is -0.884. The molecule has 1 unspecified atom stereocenters. The van der Waals surface area contributed by atoms with E-state index in [4.69, 9.17) is 9.40 Å². The molecule has 0 bridgehead atoms. The summed E-state index contributed by atoms with van der Waals surface area (Å²) in [7, 11) is 0. The Balaban J connectivity index is 1.41. The van der Waals surface area contributed by atoms with E-state index < -0.39 is 5.41 Å². The zero-order chi connectivity index (χ0) is 30.8. The molecule has 1 N–H and O–H groups in total. The number of benzene rings is 5. The van der Waals surface area contributed by atoms with E-state index in [9.17, 15) is 6.48 Å². The van der Waals surface area contributed by atoms with Gasteiger partial charge in [0.05, 0.1) is 35.5 Å². The third kappa shape index (κ3) is 3.64. The Hall–Kier alpha value is -6.07. The molecule has 0 saturated carbocycles. The summed E-state index contributed by atoms with van der Waals surface area (Å²) in [6.45, 7) is 0. The van der Waals surface area contributed by atoms with E-state index in [1.165, 1.54) is 6.33 Å². The predicted molar refractivity (Wildman–Crippen MR) is 177 cm³/mol. The molecule has 1 aliphatic rings. The maximum atomic E-state index is 10.8. The van der Waals surface area contributed by atoms with Crippen molar-refractivity contribution < 1.29 is 10.9 Å². The number of hydrogen-bond acceptors (Lipinski definition) is 5. The predicted octanol–water partition coefficient (Wildman–Crippen LogP) is 9.17. The number of phenolic OH excluding ortho intramolecular Hbond substituents is 1. The van der Waals surface area contributed by atoms with Gasteiger partial charge in [-0.15, -0.1) is 0 Å². The molecule has 1 atom stereocenters. The monoisotopic (exact) mass is 580 g/mol. The Morgan fingerprint density at radius 3 is 2.44 bits per heavy atom. The van der Waals surface area contributed by atoms with E-state index in [1.807, 2.05) is 60.7 Å². The number of phenols is 1. The van der Waals surface area contributed by atoms with Crippen LogP contribution in [-0.4, -0.2) is 20.1 Å². The smallest absolute Gasteiger partial charge is 0.229 e. The molecule has 3 aromatic heterocycles. The summed E-state index contributed by atoms with van der Waals surface area (Å²) in [5.41, 5.74) is 8.72. The van der Waals surface area contributed by atoms with E-state index in [-0.39, 0.29) is 5.75 Å². The highest BCUT2D eigenvalue weighted by atomic mass is 16.3. The Kier molecular flexibility index (Phi) is 5.27. The first-order valence-electron chi connectivity index (χ1n) is 15.3. The van der Waals surface area contributed by atoms with Gasteiger partial charge in [0.25, 0.3) is 0 Å². The number of aromatic nitrogens is 3. The number of aromatic hydroxyl groups is 1. The molecule has 0 aliphatic heterocycles. The second-order valence-corrected chi connectivity index (χ2v) is 11.3. The van der Waals surface area contributed by atoms with Gasteiger partial charge in [-0.05, 0) is 75.0 Å². The number of hydrogen-bond donors (Lipinski definition) is 1. The first-order chi connectivity index (χ1) is 22.6. The van der Waals surface area contributed by atoms with E-state index in [0.717, 1.165) is 60.9 Å². The summed E-state index contributed by atoms with van der Waals surface area (Å²) in [4.78, 5) is 14.3. The highest BCUT2D eigenvalue weighted by molar-refractivity contribution is 6.04. The number of fused-ring (bicyclic) bond motifs is 6. The zero-order valence-corrected chi connectivity index (χ0v) is 24.0. The number of pyridine rings is 1. The van der Waals surface area contributed by atoms with Crippen molar-refractivity contribution in [1.29, 1.82) is 0 Å². The minimum absolute atomic E-state index is 0.169. The Labute approximate surface area is 260 Å². The molecule has 0 saturated heterocycles.